The summed E-state index contributed by atoms with van der Waals surface area (Å²) in [7, 11) is 0. The molecule has 0 amide bonds. The maximum absolute atomic E-state index is 9.66. The summed E-state index contributed by atoms with van der Waals surface area (Å²) < 4.78 is 1.53. The number of hydrogen-bond donors (Lipinski definition) is 2. The summed E-state index contributed by atoms with van der Waals surface area (Å²) in [5.74, 6) is 0.0300. The van der Waals surface area contributed by atoms with Crippen molar-refractivity contribution in [3.05, 3.63) is 35.7 Å². The van der Waals surface area contributed by atoms with E-state index in [9.17, 15) is 10.2 Å². The van der Waals surface area contributed by atoms with Gasteiger partial charge < -0.3 is 10.2 Å². The van der Waals surface area contributed by atoms with E-state index in [2.05, 4.69) is 5.10 Å². The Morgan fingerprint density at radius 1 is 1.13 bits per heavy atom. The average molecular weight is 204 g/mol. The van der Waals surface area contributed by atoms with Crippen LogP contribution in [0.5, 0.6) is 11.5 Å². The molecule has 0 saturated heterocycles. The second-order valence-electron chi connectivity index (χ2n) is 3.48. The summed E-state index contributed by atoms with van der Waals surface area (Å²) in [4.78, 5) is 0. The van der Waals surface area contributed by atoms with Gasteiger partial charge in [0.1, 0.15) is 17.2 Å². The highest BCUT2D eigenvalue weighted by molar-refractivity contribution is 5.55. The molecular formula is C11H12N2O2. The fourth-order valence-electron chi connectivity index (χ4n) is 1.59. The Hall–Kier alpha value is -1.97. The van der Waals surface area contributed by atoms with Gasteiger partial charge in [0, 0.05) is 5.69 Å². The molecule has 0 atom stereocenters. The molecule has 4 heteroatoms. The third-order valence-corrected chi connectivity index (χ3v) is 2.21. The predicted molar refractivity (Wildman–Crippen MR) is 56.4 cm³/mol. The number of nitrogens with zero attached hydrogens (tertiary/aromatic N) is 2. The van der Waals surface area contributed by atoms with Crippen LogP contribution in [-0.4, -0.2) is 20.0 Å². The number of benzene rings is 1. The van der Waals surface area contributed by atoms with E-state index in [1.165, 1.54) is 16.8 Å². The standard InChI is InChI=1S/C11H12N2O2/c1-7-6-8(2)13(12-7)11-9(14)4-3-5-10(11)15/h3-6,14-15H,1-2H3. The Kier molecular flexibility index (Phi) is 2.11. The van der Waals surface area contributed by atoms with Gasteiger partial charge in [0.05, 0.1) is 5.69 Å². The zero-order chi connectivity index (χ0) is 11.0. The molecule has 1 aromatic heterocycles. The first kappa shape index (κ1) is 9.58. The Bertz CT molecular complexity index is 483. The van der Waals surface area contributed by atoms with E-state index < -0.39 is 0 Å². The molecule has 4 nitrogen and oxygen atoms in total. The number of hydrogen-bond acceptors (Lipinski definition) is 3. The van der Waals surface area contributed by atoms with E-state index in [0.717, 1.165) is 11.4 Å². The molecule has 0 radical (unpaired) electrons. The minimum absolute atomic E-state index is 0.0150. The van der Waals surface area contributed by atoms with Crippen LogP contribution in [0.3, 0.4) is 0 Å². The van der Waals surface area contributed by atoms with Crippen LogP contribution in [0.15, 0.2) is 24.3 Å². The third-order valence-electron chi connectivity index (χ3n) is 2.21. The van der Waals surface area contributed by atoms with Crippen LogP contribution in [0.1, 0.15) is 11.4 Å². The van der Waals surface area contributed by atoms with Crippen LogP contribution < -0.4 is 0 Å². The summed E-state index contributed by atoms with van der Waals surface area (Å²) >= 11 is 0. The summed E-state index contributed by atoms with van der Waals surface area (Å²) in [6.45, 7) is 3.73. The van der Waals surface area contributed by atoms with E-state index in [0.29, 0.717) is 5.69 Å². The Morgan fingerprint density at radius 2 is 1.73 bits per heavy atom. The molecule has 0 bridgehead atoms. The fraction of sp³-hybridized carbons (Fsp3) is 0.182. The number of para-hydroxylation sites is 1. The lowest BCUT2D eigenvalue weighted by Crippen LogP contribution is -1.99. The van der Waals surface area contributed by atoms with Gasteiger partial charge in [-0.25, -0.2) is 4.68 Å². The number of aromatic nitrogens is 2. The lowest BCUT2D eigenvalue weighted by atomic mass is 10.2. The summed E-state index contributed by atoms with van der Waals surface area (Å²) in [6, 6.07) is 6.50. The lowest BCUT2D eigenvalue weighted by Gasteiger charge is -2.08. The molecule has 0 saturated carbocycles. The van der Waals surface area contributed by atoms with Crippen LogP contribution >= 0.6 is 0 Å². The Labute approximate surface area is 87.4 Å². The Balaban J connectivity index is 2.68. The number of phenols is 2. The van der Waals surface area contributed by atoms with Crippen molar-refractivity contribution in [2.24, 2.45) is 0 Å². The first-order valence-electron chi connectivity index (χ1n) is 4.64. The van der Waals surface area contributed by atoms with Crippen LogP contribution in [0, 0.1) is 13.8 Å². The van der Waals surface area contributed by atoms with Gasteiger partial charge in [-0.2, -0.15) is 5.10 Å². The number of phenolic OH excluding ortho intramolecular Hbond substituents is 2. The largest absolute Gasteiger partial charge is 0.506 e. The highest BCUT2D eigenvalue weighted by Crippen LogP contribution is 2.30. The minimum atomic E-state index is 0.0150. The van der Waals surface area contributed by atoms with Crippen molar-refractivity contribution in [3.8, 4) is 17.2 Å². The second-order valence-corrected chi connectivity index (χ2v) is 3.48. The molecule has 0 unspecified atom stereocenters. The van der Waals surface area contributed by atoms with Crippen molar-refractivity contribution in [1.82, 2.24) is 9.78 Å². The summed E-state index contributed by atoms with van der Waals surface area (Å²) in [5, 5.41) is 23.5. The normalized spacial score (nSPS) is 10.5. The molecule has 1 aromatic carbocycles. The molecule has 0 aliphatic heterocycles. The van der Waals surface area contributed by atoms with E-state index in [-0.39, 0.29) is 11.5 Å². The highest BCUT2D eigenvalue weighted by Gasteiger charge is 2.12. The molecule has 2 rings (SSSR count). The molecule has 0 aliphatic carbocycles. The third kappa shape index (κ3) is 1.54. The van der Waals surface area contributed by atoms with Gasteiger partial charge in [0.2, 0.25) is 0 Å². The fourth-order valence-corrected chi connectivity index (χ4v) is 1.59. The minimum Gasteiger partial charge on any atom is -0.506 e. The van der Waals surface area contributed by atoms with Gasteiger partial charge in [-0.05, 0) is 32.0 Å². The predicted octanol–water partition coefficient (Wildman–Crippen LogP) is 1.90. The highest BCUT2D eigenvalue weighted by atomic mass is 16.3. The molecule has 0 spiro atoms. The number of aryl methyl sites for hydroxylation is 2. The van der Waals surface area contributed by atoms with Gasteiger partial charge in [-0.1, -0.05) is 6.07 Å². The molecule has 15 heavy (non-hydrogen) atoms. The van der Waals surface area contributed by atoms with Crippen LogP contribution in [-0.2, 0) is 0 Å². The summed E-state index contributed by atoms with van der Waals surface area (Å²) in [6.07, 6.45) is 0. The van der Waals surface area contributed by atoms with Gasteiger partial charge in [0.15, 0.2) is 0 Å². The monoisotopic (exact) mass is 204 g/mol. The SMILES string of the molecule is Cc1cc(C)n(-c2c(O)cccc2O)n1. The van der Waals surface area contributed by atoms with Gasteiger partial charge in [0.25, 0.3) is 0 Å². The maximum atomic E-state index is 9.66. The van der Waals surface area contributed by atoms with Gasteiger partial charge in [-0.15, -0.1) is 0 Å². The molecule has 78 valence electrons. The topological polar surface area (TPSA) is 58.3 Å². The van der Waals surface area contributed by atoms with E-state index >= 15 is 0 Å². The van der Waals surface area contributed by atoms with Crippen molar-refractivity contribution in [2.75, 3.05) is 0 Å². The maximum Gasteiger partial charge on any atom is 0.148 e. The molecule has 2 N–H and O–H groups in total. The Morgan fingerprint density at radius 3 is 2.20 bits per heavy atom. The summed E-state index contributed by atoms with van der Waals surface area (Å²) in [5.41, 5.74) is 2.03. The first-order valence-corrected chi connectivity index (χ1v) is 4.64. The number of rotatable bonds is 1. The van der Waals surface area contributed by atoms with E-state index in [1.54, 1.807) is 6.07 Å². The van der Waals surface area contributed by atoms with Crippen LogP contribution in [0.25, 0.3) is 5.69 Å². The van der Waals surface area contributed by atoms with Gasteiger partial charge >= 0.3 is 0 Å². The molecule has 0 fully saturated rings. The van der Waals surface area contributed by atoms with E-state index in [4.69, 9.17) is 0 Å². The van der Waals surface area contributed by atoms with Crippen molar-refractivity contribution < 1.29 is 10.2 Å². The second kappa shape index (κ2) is 3.31. The molecule has 2 aromatic rings. The van der Waals surface area contributed by atoms with Gasteiger partial charge in [-0.3, -0.25) is 0 Å². The smallest absolute Gasteiger partial charge is 0.148 e. The quantitative estimate of drug-likeness (QED) is 0.745. The van der Waals surface area contributed by atoms with Crippen molar-refractivity contribution in [3.63, 3.8) is 0 Å². The van der Waals surface area contributed by atoms with Crippen molar-refractivity contribution in [2.45, 2.75) is 13.8 Å². The molecule has 0 aliphatic rings. The number of aromatic hydroxyl groups is 2. The molecule has 1 heterocycles. The molecular weight excluding hydrogens is 192 g/mol. The van der Waals surface area contributed by atoms with Crippen LogP contribution in [0.4, 0.5) is 0 Å². The zero-order valence-electron chi connectivity index (χ0n) is 8.60. The van der Waals surface area contributed by atoms with Crippen molar-refractivity contribution >= 4 is 0 Å². The van der Waals surface area contributed by atoms with Crippen molar-refractivity contribution in [1.29, 1.82) is 0 Å². The van der Waals surface area contributed by atoms with E-state index in [1.807, 2.05) is 19.9 Å². The average Bonchev–Trinajstić information content (AvgIpc) is 2.45. The zero-order valence-corrected chi connectivity index (χ0v) is 8.60. The first-order chi connectivity index (χ1) is 7.09. The van der Waals surface area contributed by atoms with Crippen LogP contribution in [0.2, 0.25) is 0 Å². The lowest BCUT2D eigenvalue weighted by molar-refractivity contribution is 0.442.